The summed E-state index contributed by atoms with van der Waals surface area (Å²) in [6, 6.07) is 3.06. The van der Waals surface area contributed by atoms with E-state index >= 15 is 0 Å². The van der Waals surface area contributed by atoms with Gasteiger partial charge in [-0.1, -0.05) is 36.2 Å². The van der Waals surface area contributed by atoms with E-state index in [1.54, 1.807) is 13.2 Å². The van der Waals surface area contributed by atoms with E-state index in [2.05, 4.69) is 29.8 Å². The first kappa shape index (κ1) is 14.3. The van der Waals surface area contributed by atoms with E-state index in [1.807, 2.05) is 0 Å². The molecule has 0 saturated carbocycles. The topological polar surface area (TPSA) is 18.5 Å². The van der Waals surface area contributed by atoms with E-state index < -0.39 is 0 Å². The van der Waals surface area contributed by atoms with Gasteiger partial charge in [-0.05, 0) is 12.0 Å². The second-order valence-electron chi connectivity index (χ2n) is 4.02. The SMILES string of the molecule is CCC(C)C(Br)c1cc(OC)c(OC)cc1F. The van der Waals surface area contributed by atoms with Gasteiger partial charge in [0, 0.05) is 16.5 Å². The Morgan fingerprint density at radius 3 is 2.24 bits per heavy atom. The van der Waals surface area contributed by atoms with Crippen LogP contribution in [0.5, 0.6) is 11.5 Å². The van der Waals surface area contributed by atoms with Gasteiger partial charge >= 0.3 is 0 Å². The quantitative estimate of drug-likeness (QED) is 0.754. The van der Waals surface area contributed by atoms with Gasteiger partial charge in [-0.25, -0.2) is 4.39 Å². The van der Waals surface area contributed by atoms with Crippen molar-refractivity contribution < 1.29 is 13.9 Å². The lowest BCUT2D eigenvalue weighted by Crippen LogP contribution is -2.05. The third-order valence-corrected chi connectivity index (χ3v) is 4.34. The van der Waals surface area contributed by atoms with E-state index in [-0.39, 0.29) is 10.6 Å². The van der Waals surface area contributed by atoms with Crippen molar-refractivity contribution >= 4 is 15.9 Å². The molecule has 0 spiro atoms. The standard InChI is InChI=1S/C13H18BrFO2/c1-5-8(2)13(14)9-6-11(16-3)12(17-4)7-10(9)15/h6-8,13H,5H2,1-4H3. The third-order valence-electron chi connectivity index (χ3n) is 2.94. The third kappa shape index (κ3) is 3.12. The van der Waals surface area contributed by atoms with Gasteiger partial charge in [-0.2, -0.15) is 0 Å². The molecular weight excluding hydrogens is 287 g/mol. The molecule has 1 aromatic carbocycles. The molecule has 1 rings (SSSR count). The molecule has 17 heavy (non-hydrogen) atoms. The van der Waals surface area contributed by atoms with Crippen LogP contribution in [0.2, 0.25) is 0 Å². The minimum absolute atomic E-state index is 0.0210. The first-order valence-corrected chi connectivity index (χ1v) is 6.52. The van der Waals surface area contributed by atoms with Crippen molar-refractivity contribution in [3.8, 4) is 11.5 Å². The second kappa shape index (κ2) is 6.24. The number of alkyl halides is 1. The highest BCUT2D eigenvalue weighted by molar-refractivity contribution is 9.09. The van der Waals surface area contributed by atoms with Gasteiger partial charge in [0.1, 0.15) is 5.82 Å². The average molecular weight is 305 g/mol. The number of ether oxygens (including phenoxy) is 2. The molecule has 0 amide bonds. The highest BCUT2D eigenvalue weighted by Crippen LogP contribution is 2.39. The van der Waals surface area contributed by atoms with Crippen LogP contribution in [0, 0.1) is 11.7 Å². The van der Waals surface area contributed by atoms with Crippen molar-refractivity contribution in [2.24, 2.45) is 5.92 Å². The lowest BCUT2D eigenvalue weighted by molar-refractivity contribution is 0.351. The highest BCUT2D eigenvalue weighted by Gasteiger charge is 2.21. The van der Waals surface area contributed by atoms with Crippen molar-refractivity contribution in [1.82, 2.24) is 0 Å². The molecular formula is C13H18BrFO2. The molecule has 0 N–H and O–H groups in total. The molecule has 2 unspecified atom stereocenters. The first-order chi connectivity index (χ1) is 8.04. The molecule has 96 valence electrons. The summed E-state index contributed by atoms with van der Waals surface area (Å²) in [5, 5.41) is 0. The smallest absolute Gasteiger partial charge is 0.163 e. The molecule has 4 heteroatoms. The molecule has 0 radical (unpaired) electrons. The van der Waals surface area contributed by atoms with Crippen molar-refractivity contribution in [2.45, 2.75) is 25.1 Å². The van der Waals surface area contributed by atoms with Crippen LogP contribution in [0.15, 0.2) is 12.1 Å². The summed E-state index contributed by atoms with van der Waals surface area (Å²) < 4.78 is 24.2. The minimum atomic E-state index is -0.273. The van der Waals surface area contributed by atoms with Crippen LogP contribution in [-0.2, 0) is 0 Å². The Morgan fingerprint density at radius 2 is 1.76 bits per heavy atom. The Balaban J connectivity index is 3.16. The fourth-order valence-corrected chi connectivity index (χ4v) is 2.32. The van der Waals surface area contributed by atoms with Crippen LogP contribution in [-0.4, -0.2) is 14.2 Å². The summed E-state index contributed by atoms with van der Waals surface area (Å²) in [4.78, 5) is -0.0210. The predicted octanol–water partition coefficient (Wildman–Crippen LogP) is 4.33. The molecule has 0 bridgehead atoms. The van der Waals surface area contributed by atoms with E-state index in [1.165, 1.54) is 13.2 Å². The number of benzene rings is 1. The zero-order chi connectivity index (χ0) is 13.0. The van der Waals surface area contributed by atoms with Gasteiger partial charge in [-0.15, -0.1) is 0 Å². The molecule has 2 atom stereocenters. The molecule has 1 aromatic rings. The number of methoxy groups -OCH3 is 2. The van der Waals surface area contributed by atoms with Gasteiger partial charge in [0.05, 0.1) is 14.2 Å². The van der Waals surface area contributed by atoms with Gasteiger partial charge in [0.2, 0.25) is 0 Å². The first-order valence-electron chi connectivity index (χ1n) is 5.60. The summed E-state index contributed by atoms with van der Waals surface area (Å²) in [5.74, 6) is 1.04. The maximum Gasteiger partial charge on any atom is 0.163 e. The normalized spacial score (nSPS) is 14.2. The Labute approximate surface area is 110 Å². The molecule has 0 aromatic heterocycles. The number of halogens is 2. The molecule has 0 saturated heterocycles. The number of rotatable bonds is 5. The maximum atomic E-state index is 13.9. The van der Waals surface area contributed by atoms with Gasteiger partial charge in [-0.3, -0.25) is 0 Å². The van der Waals surface area contributed by atoms with Crippen LogP contribution in [0.3, 0.4) is 0 Å². The molecule has 0 heterocycles. The zero-order valence-electron chi connectivity index (χ0n) is 10.6. The number of hydrogen-bond acceptors (Lipinski definition) is 2. The molecule has 2 nitrogen and oxygen atoms in total. The van der Waals surface area contributed by atoms with Crippen LogP contribution in [0.1, 0.15) is 30.7 Å². The second-order valence-corrected chi connectivity index (χ2v) is 5.00. The molecule has 0 aliphatic carbocycles. The lowest BCUT2D eigenvalue weighted by atomic mass is 9.98. The largest absolute Gasteiger partial charge is 0.493 e. The van der Waals surface area contributed by atoms with E-state index in [4.69, 9.17) is 9.47 Å². The Bertz CT molecular complexity index is 382. The maximum absolute atomic E-state index is 13.9. The minimum Gasteiger partial charge on any atom is -0.493 e. The van der Waals surface area contributed by atoms with Crippen LogP contribution in [0.4, 0.5) is 4.39 Å². The van der Waals surface area contributed by atoms with Crippen LogP contribution in [0.25, 0.3) is 0 Å². The van der Waals surface area contributed by atoms with Crippen LogP contribution < -0.4 is 9.47 Å². The Kier molecular flexibility index (Phi) is 5.25. The monoisotopic (exact) mass is 304 g/mol. The molecule has 0 fully saturated rings. The lowest BCUT2D eigenvalue weighted by Gasteiger charge is -2.19. The predicted molar refractivity (Wildman–Crippen MR) is 70.6 cm³/mol. The van der Waals surface area contributed by atoms with Gasteiger partial charge in [0.15, 0.2) is 11.5 Å². The molecule has 0 aliphatic heterocycles. The van der Waals surface area contributed by atoms with Crippen molar-refractivity contribution in [2.75, 3.05) is 14.2 Å². The van der Waals surface area contributed by atoms with Crippen molar-refractivity contribution in [3.05, 3.63) is 23.5 Å². The van der Waals surface area contributed by atoms with Gasteiger partial charge in [0.25, 0.3) is 0 Å². The fourth-order valence-electron chi connectivity index (χ4n) is 1.59. The van der Waals surface area contributed by atoms with E-state index in [0.717, 1.165) is 6.42 Å². The highest BCUT2D eigenvalue weighted by atomic mass is 79.9. The van der Waals surface area contributed by atoms with Crippen LogP contribution >= 0.6 is 15.9 Å². The number of hydrogen-bond donors (Lipinski definition) is 0. The Morgan fingerprint density at radius 1 is 1.24 bits per heavy atom. The average Bonchev–Trinajstić information content (AvgIpc) is 2.36. The van der Waals surface area contributed by atoms with Crippen molar-refractivity contribution in [1.29, 1.82) is 0 Å². The summed E-state index contributed by atoms with van der Waals surface area (Å²) in [6.45, 7) is 4.16. The zero-order valence-corrected chi connectivity index (χ0v) is 12.2. The summed E-state index contributed by atoms with van der Waals surface area (Å²) in [6.07, 6.45) is 0.976. The van der Waals surface area contributed by atoms with E-state index in [0.29, 0.717) is 23.0 Å². The summed E-state index contributed by atoms with van der Waals surface area (Å²) >= 11 is 3.54. The fraction of sp³-hybridized carbons (Fsp3) is 0.538. The van der Waals surface area contributed by atoms with E-state index in [9.17, 15) is 4.39 Å². The Hall–Kier alpha value is -0.770. The van der Waals surface area contributed by atoms with Crippen molar-refractivity contribution in [3.63, 3.8) is 0 Å². The van der Waals surface area contributed by atoms with Gasteiger partial charge < -0.3 is 9.47 Å². The summed E-state index contributed by atoms with van der Waals surface area (Å²) in [7, 11) is 3.04. The molecule has 0 aliphatic rings. The summed E-state index contributed by atoms with van der Waals surface area (Å²) in [5.41, 5.74) is 0.608.